The molecule has 2 aliphatic heterocycles. The van der Waals surface area contributed by atoms with Gasteiger partial charge in [0.1, 0.15) is 5.66 Å². The second kappa shape index (κ2) is 4.41. The highest BCUT2D eigenvalue weighted by Crippen LogP contribution is 2.48. The van der Waals surface area contributed by atoms with Gasteiger partial charge in [-0.1, -0.05) is 0 Å². The topological polar surface area (TPSA) is 106 Å². The number of dihydropyridines is 1. The van der Waals surface area contributed by atoms with E-state index in [2.05, 4.69) is 15.8 Å². The number of nitrogens with one attached hydrogen (secondary N) is 2. The van der Waals surface area contributed by atoms with Crippen molar-refractivity contribution in [3.63, 3.8) is 0 Å². The Morgan fingerprint density at radius 1 is 1.27 bits per heavy atom. The van der Waals surface area contributed by atoms with E-state index in [-0.39, 0.29) is 5.69 Å². The lowest BCUT2D eigenvalue weighted by molar-refractivity contribution is -0.384. The van der Waals surface area contributed by atoms with E-state index < -0.39 is 10.6 Å². The number of fused-ring (bicyclic) bond motifs is 1. The number of hydrazine groups is 1. The summed E-state index contributed by atoms with van der Waals surface area (Å²) in [6.07, 6.45) is 5.76. The Hall–Kier alpha value is -2.67. The van der Waals surface area contributed by atoms with Gasteiger partial charge in [-0.05, 0) is 31.1 Å². The zero-order valence-electron chi connectivity index (χ0n) is 11.7. The van der Waals surface area contributed by atoms with Gasteiger partial charge in [0.25, 0.3) is 5.69 Å². The number of nitro benzene ring substituents is 1. The molecule has 3 aliphatic rings. The quantitative estimate of drug-likeness (QED) is 0.578. The molecule has 0 saturated heterocycles. The standard InChI is InChI=1S/C15H15N5O2/c16-15(10-3-4-10)13-12(7-8-17-15)18-19-14(13)9-1-5-11(6-2-9)20(21)22/h1-2,5-8,10,18-19H,3-4,16H2. The van der Waals surface area contributed by atoms with Crippen LogP contribution in [0.5, 0.6) is 0 Å². The number of nitro groups is 1. The van der Waals surface area contributed by atoms with E-state index in [0.717, 1.165) is 35.4 Å². The third-order valence-electron chi connectivity index (χ3n) is 4.34. The van der Waals surface area contributed by atoms with Crippen molar-refractivity contribution < 1.29 is 4.92 Å². The highest BCUT2D eigenvalue weighted by Gasteiger charge is 2.49. The van der Waals surface area contributed by atoms with Gasteiger partial charge in [0, 0.05) is 35.4 Å². The first kappa shape index (κ1) is 13.0. The number of allylic oxidation sites excluding steroid dienone is 1. The van der Waals surface area contributed by atoms with Crippen molar-refractivity contribution in [3.05, 3.63) is 57.3 Å². The zero-order valence-corrected chi connectivity index (χ0v) is 11.7. The van der Waals surface area contributed by atoms with E-state index in [1.165, 1.54) is 12.1 Å². The van der Waals surface area contributed by atoms with Crippen LogP contribution in [0.3, 0.4) is 0 Å². The number of hydrogen-bond acceptors (Lipinski definition) is 6. The van der Waals surface area contributed by atoms with Crippen molar-refractivity contribution in [1.29, 1.82) is 0 Å². The molecule has 1 saturated carbocycles. The molecule has 1 aliphatic carbocycles. The van der Waals surface area contributed by atoms with Crippen LogP contribution >= 0.6 is 0 Å². The number of nitrogens with zero attached hydrogens (tertiary/aromatic N) is 2. The van der Waals surface area contributed by atoms with Gasteiger partial charge in [-0.25, -0.2) is 0 Å². The maximum absolute atomic E-state index is 10.8. The first-order valence-electron chi connectivity index (χ1n) is 7.16. The molecule has 1 aromatic rings. The van der Waals surface area contributed by atoms with Crippen molar-refractivity contribution in [2.45, 2.75) is 18.5 Å². The SMILES string of the molecule is NC1(C2CC2)N=CC=C2NNC(c3ccc([N+](=O)[O-])cc3)=C21. The number of aliphatic imine (C=N–C) groups is 1. The van der Waals surface area contributed by atoms with Gasteiger partial charge in [0.05, 0.1) is 16.3 Å². The lowest BCUT2D eigenvalue weighted by atomic mass is 9.88. The van der Waals surface area contributed by atoms with Gasteiger partial charge >= 0.3 is 0 Å². The Labute approximate surface area is 126 Å². The Kier molecular flexibility index (Phi) is 2.61. The molecule has 0 radical (unpaired) electrons. The fourth-order valence-electron chi connectivity index (χ4n) is 3.03. The minimum Gasteiger partial charge on any atom is -0.303 e. The smallest absolute Gasteiger partial charge is 0.269 e. The van der Waals surface area contributed by atoms with E-state index in [4.69, 9.17) is 5.73 Å². The van der Waals surface area contributed by atoms with E-state index in [1.54, 1.807) is 18.3 Å². The van der Waals surface area contributed by atoms with Gasteiger partial charge in [-0.3, -0.25) is 20.5 Å². The summed E-state index contributed by atoms with van der Waals surface area (Å²) in [6, 6.07) is 6.44. The van der Waals surface area contributed by atoms with Crippen molar-refractivity contribution in [3.8, 4) is 0 Å². The number of benzene rings is 1. The summed E-state index contributed by atoms with van der Waals surface area (Å²) in [5, 5.41) is 10.8. The van der Waals surface area contributed by atoms with Crippen LogP contribution in [-0.4, -0.2) is 16.8 Å². The molecule has 1 fully saturated rings. The largest absolute Gasteiger partial charge is 0.303 e. The minimum absolute atomic E-state index is 0.0685. The second-order valence-corrected chi connectivity index (χ2v) is 5.76. The summed E-state index contributed by atoms with van der Waals surface area (Å²) in [7, 11) is 0. The van der Waals surface area contributed by atoms with Crippen LogP contribution in [0, 0.1) is 16.0 Å². The van der Waals surface area contributed by atoms with Crippen molar-refractivity contribution >= 4 is 17.6 Å². The molecule has 0 spiro atoms. The fourth-order valence-corrected chi connectivity index (χ4v) is 3.03. The summed E-state index contributed by atoms with van der Waals surface area (Å²) in [5.74, 6) is 0.345. The van der Waals surface area contributed by atoms with Crippen LogP contribution in [0.1, 0.15) is 18.4 Å². The predicted molar refractivity (Wildman–Crippen MR) is 82.5 cm³/mol. The van der Waals surface area contributed by atoms with Crippen LogP contribution < -0.4 is 16.6 Å². The highest BCUT2D eigenvalue weighted by molar-refractivity contribution is 5.85. The first-order valence-corrected chi connectivity index (χ1v) is 7.16. The summed E-state index contributed by atoms with van der Waals surface area (Å²) in [5.41, 5.74) is 15.7. The molecule has 4 N–H and O–H groups in total. The molecule has 2 heterocycles. The van der Waals surface area contributed by atoms with E-state index in [1.807, 2.05) is 6.08 Å². The molecule has 4 rings (SSSR count). The Morgan fingerprint density at radius 2 is 2.00 bits per heavy atom. The van der Waals surface area contributed by atoms with E-state index in [9.17, 15) is 10.1 Å². The molecule has 0 bridgehead atoms. The average Bonchev–Trinajstić information content (AvgIpc) is 3.28. The number of non-ortho nitro benzene ring substituents is 1. The van der Waals surface area contributed by atoms with Gasteiger partial charge in [0.15, 0.2) is 0 Å². The molecule has 22 heavy (non-hydrogen) atoms. The Bertz CT molecular complexity index is 746. The maximum atomic E-state index is 10.8. The van der Waals surface area contributed by atoms with Crippen LogP contribution in [0.4, 0.5) is 5.69 Å². The zero-order chi connectivity index (χ0) is 15.3. The predicted octanol–water partition coefficient (Wildman–Crippen LogP) is 1.45. The van der Waals surface area contributed by atoms with E-state index in [0.29, 0.717) is 5.92 Å². The third kappa shape index (κ3) is 1.82. The van der Waals surface area contributed by atoms with Gasteiger partial charge in [-0.15, -0.1) is 0 Å². The lowest BCUT2D eigenvalue weighted by Gasteiger charge is -2.29. The summed E-state index contributed by atoms with van der Waals surface area (Å²) in [4.78, 5) is 14.9. The van der Waals surface area contributed by atoms with Crippen molar-refractivity contribution in [2.75, 3.05) is 0 Å². The molecule has 7 heteroatoms. The number of nitrogens with two attached hydrogens (primary N) is 1. The molecule has 0 aromatic heterocycles. The summed E-state index contributed by atoms with van der Waals surface area (Å²) < 4.78 is 0. The monoisotopic (exact) mass is 297 g/mol. The molecule has 112 valence electrons. The number of rotatable bonds is 3. The average molecular weight is 297 g/mol. The Morgan fingerprint density at radius 3 is 2.64 bits per heavy atom. The summed E-state index contributed by atoms with van der Waals surface area (Å²) >= 11 is 0. The normalized spacial score (nSPS) is 26.1. The molecule has 1 unspecified atom stereocenters. The van der Waals surface area contributed by atoms with Crippen LogP contribution in [0.2, 0.25) is 0 Å². The maximum Gasteiger partial charge on any atom is 0.269 e. The van der Waals surface area contributed by atoms with Crippen LogP contribution in [0.25, 0.3) is 5.70 Å². The second-order valence-electron chi connectivity index (χ2n) is 5.76. The molecular formula is C15H15N5O2. The van der Waals surface area contributed by atoms with E-state index >= 15 is 0 Å². The fraction of sp³-hybridized carbons (Fsp3) is 0.267. The van der Waals surface area contributed by atoms with Gasteiger partial charge in [-0.2, -0.15) is 0 Å². The van der Waals surface area contributed by atoms with Gasteiger partial charge in [0.2, 0.25) is 0 Å². The molecule has 1 atom stereocenters. The minimum atomic E-state index is -0.725. The summed E-state index contributed by atoms with van der Waals surface area (Å²) in [6.45, 7) is 0. The number of hydrogen-bond donors (Lipinski definition) is 3. The molecule has 0 amide bonds. The Balaban J connectivity index is 1.81. The van der Waals surface area contributed by atoms with Crippen molar-refractivity contribution in [2.24, 2.45) is 16.6 Å². The van der Waals surface area contributed by atoms with Crippen molar-refractivity contribution in [1.82, 2.24) is 10.9 Å². The molecule has 1 aromatic carbocycles. The molecule has 7 nitrogen and oxygen atoms in total. The van der Waals surface area contributed by atoms with Gasteiger partial charge < -0.3 is 11.2 Å². The third-order valence-corrected chi connectivity index (χ3v) is 4.34. The van der Waals surface area contributed by atoms with Crippen LogP contribution in [-0.2, 0) is 0 Å². The first-order chi connectivity index (χ1) is 10.6. The molecular weight excluding hydrogens is 282 g/mol. The van der Waals surface area contributed by atoms with Crippen LogP contribution in [0.15, 0.2) is 46.6 Å². The lowest BCUT2D eigenvalue weighted by Crippen LogP contribution is -2.44. The highest BCUT2D eigenvalue weighted by atomic mass is 16.6.